The second kappa shape index (κ2) is 9.41. The second-order valence-corrected chi connectivity index (χ2v) is 7.76. The van der Waals surface area contributed by atoms with Crippen LogP contribution < -0.4 is 0 Å². The number of rotatable bonds is 7. The molecule has 0 aliphatic carbocycles. The number of carbonyl (C=O) groups excluding carboxylic acids is 2. The predicted molar refractivity (Wildman–Crippen MR) is 113 cm³/mol. The largest absolute Gasteiger partial charge is 0.507 e. The molecule has 0 saturated carbocycles. The SMILES string of the molecule is CC(C)OCCCN1C(=O)C(=O)C(=C(O)c2ccc(Cl)cc2)[C@@H]1c1cccc(F)c1. The summed E-state index contributed by atoms with van der Waals surface area (Å²) in [5.74, 6) is -2.35. The third kappa shape index (κ3) is 4.71. The van der Waals surface area contributed by atoms with E-state index >= 15 is 0 Å². The number of likely N-dealkylation sites (tertiary alicyclic amines) is 1. The monoisotopic (exact) mass is 431 g/mol. The van der Waals surface area contributed by atoms with E-state index in [0.717, 1.165) is 0 Å². The molecule has 1 amide bonds. The molecule has 30 heavy (non-hydrogen) atoms. The van der Waals surface area contributed by atoms with Crippen molar-refractivity contribution in [1.29, 1.82) is 0 Å². The molecular formula is C23H23ClFNO4. The summed E-state index contributed by atoms with van der Waals surface area (Å²) in [4.78, 5) is 27.0. The Bertz CT molecular complexity index is 971. The highest BCUT2D eigenvalue weighted by Gasteiger charge is 2.45. The van der Waals surface area contributed by atoms with E-state index in [1.807, 2.05) is 13.8 Å². The summed E-state index contributed by atoms with van der Waals surface area (Å²) < 4.78 is 19.5. The van der Waals surface area contributed by atoms with Crippen molar-refractivity contribution in [3.05, 3.63) is 76.1 Å². The average Bonchev–Trinajstić information content (AvgIpc) is 2.96. The standard InChI is InChI=1S/C23H23ClFNO4/c1-14(2)30-12-4-11-26-20(16-5-3-6-18(25)13-16)19(22(28)23(26)29)21(27)15-7-9-17(24)10-8-15/h3,5-10,13-14,20,27H,4,11-12H2,1-2H3/t20-/m0/s1. The van der Waals surface area contributed by atoms with Crippen LogP contribution in [0.1, 0.15) is 37.4 Å². The molecule has 1 fully saturated rings. The van der Waals surface area contributed by atoms with Crippen molar-refractivity contribution in [2.75, 3.05) is 13.2 Å². The van der Waals surface area contributed by atoms with Crippen molar-refractivity contribution in [1.82, 2.24) is 4.90 Å². The van der Waals surface area contributed by atoms with Gasteiger partial charge in [0.25, 0.3) is 11.7 Å². The Morgan fingerprint density at radius 1 is 1.20 bits per heavy atom. The summed E-state index contributed by atoms with van der Waals surface area (Å²) in [6.07, 6.45) is 0.544. The van der Waals surface area contributed by atoms with Crippen LogP contribution in [0.3, 0.4) is 0 Å². The lowest BCUT2D eigenvalue weighted by Gasteiger charge is -2.25. The maximum atomic E-state index is 13.9. The molecule has 0 bridgehead atoms. The van der Waals surface area contributed by atoms with Crippen molar-refractivity contribution in [3.8, 4) is 0 Å². The van der Waals surface area contributed by atoms with Crippen molar-refractivity contribution < 1.29 is 23.8 Å². The number of halogens is 2. The Balaban J connectivity index is 2.03. The molecule has 0 unspecified atom stereocenters. The molecule has 1 saturated heterocycles. The summed E-state index contributed by atoms with van der Waals surface area (Å²) in [6.45, 7) is 4.46. The number of hydrogen-bond acceptors (Lipinski definition) is 4. The number of hydrogen-bond donors (Lipinski definition) is 1. The summed E-state index contributed by atoms with van der Waals surface area (Å²) in [7, 11) is 0. The molecule has 1 N–H and O–H groups in total. The first kappa shape index (κ1) is 22.0. The molecule has 1 atom stereocenters. The van der Waals surface area contributed by atoms with Crippen LogP contribution in [0.15, 0.2) is 54.1 Å². The van der Waals surface area contributed by atoms with Gasteiger partial charge in [0.2, 0.25) is 0 Å². The van der Waals surface area contributed by atoms with E-state index < -0.39 is 23.5 Å². The third-order valence-corrected chi connectivity index (χ3v) is 5.07. The van der Waals surface area contributed by atoms with Crippen LogP contribution in [0.4, 0.5) is 4.39 Å². The van der Waals surface area contributed by atoms with Crippen LogP contribution in [0, 0.1) is 5.82 Å². The zero-order valence-electron chi connectivity index (χ0n) is 16.8. The van der Waals surface area contributed by atoms with Gasteiger partial charge in [0.05, 0.1) is 17.7 Å². The number of Topliss-reactive ketones (excluding diaryl/α,β-unsaturated/α-hetero) is 1. The van der Waals surface area contributed by atoms with Gasteiger partial charge in [-0.2, -0.15) is 0 Å². The Morgan fingerprint density at radius 3 is 2.53 bits per heavy atom. The topological polar surface area (TPSA) is 66.8 Å². The maximum Gasteiger partial charge on any atom is 0.295 e. The van der Waals surface area contributed by atoms with E-state index in [1.54, 1.807) is 30.3 Å². The summed E-state index contributed by atoms with van der Waals surface area (Å²) in [6, 6.07) is 11.1. The summed E-state index contributed by atoms with van der Waals surface area (Å²) in [5, 5.41) is 11.4. The minimum absolute atomic E-state index is 0.0457. The zero-order valence-corrected chi connectivity index (χ0v) is 17.5. The molecule has 1 aliphatic heterocycles. The van der Waals surface area contributed by atoms with Gasteiger partial charge in [-0.25, -0.2) is 4.39 Å². The highest BCUT2D eigenvalue weighted by molar-refractivity contribution is 6.46. The van der Waals surface area contributed by atoms with Gasteiger partial charge in [-0.05, 0) is 62.2 Å². The lowest BCUT2D eigenvalue weighted by atomic mass is 9.95. The highest BCUT2D eigenvalue weighted by Crippen LogP contribution is 2.39. The van der Waals surface area contributed by atoms with Crippen LogP contribution >= 0.6 is 11.6 Å². The first-order valence-corrected chi connectivity index (χ1v) is 10.1. The average molecular weight is 432 g/mol. The Hall–Kier alpha value is -2.70. The smallest absolute Gasteiger partial charge is 0.295 e. The number of benzene rings is 2. The van der Waals surface area contributed by atoms with Gasteiger partial charge in [0.15, 0.2) is 0 Å². The number of nitrogens with zero attached hydrogens (tertiary/aromatic N) is 1. The van der Waals surface area contributed by atoms with E-state index in [2.05, 4.69) is 0 Å². The first-order valence-electron chi connectivity index (χ1n) is 9.71. The van der Waals surface area contributed by atoms with Crippen molar-refractivity contribution in [2.45, 2.75) is 32.4 Å². The molecule has 0 radical (unpaired) electrons. The molecule has 0 spiro atoms. The van der Waals surface area contributed by atoms with Gasteiger partial charge in [0, 0.05) is 23.7 Å². The molecular weight excluding hydrogens is 409 g/mol. The van der Waals surface area contributed by atoms with Crippen LogP contribution in [-0.2, 0) is 14.3 Å². The van der Waals surface area contributed by atoms with Gasteiger partial charge >= 0.3 is 0 Å². The third-order valence-electron chi connectivity index (χ3n) is 4.82. The van der Waals surface area contributed by atoms with Crippen LogP contribution in [0.5, 0.6) is 0 Å². The zero-order chi connectivity index (χ0) is 21.8. The van der Waals surface area contributed by atoms with Gasteiger partial charge in [0.1, 0.15) is 11.6 Å². The lowest BCUT2D eigenvalue weighted by Crippen LogP contribution is -2.31. The molecule has 3 rings (SSSR count). The fourth-order valence-electron chi connectivity index (χ4n) is 3.45. The molecule has 7 heteroatoms. The number of ketones is 1. The van der Waals surface area contributed by atoms with Crippen molar-refractivity contribution in [2.24, 2.45) is 0 Å². The van der Waals surface area contributed by atoms with E-state index in [-0.39, 0.29) is 24.0 Å². The summed E-state index contributed by atoms with van der Waals surface area (Å²) in [5.41, 5.74) is 0.689. The second-order valence-electron chi connectivity index (χ2n) is 7.33. The predicted octanol–water partition coefficient (Wildman–Crippen LogP) is 4.72. The van der Waals surface area contributed by atoms with E-state index in [9.17, 15) is 19.1 Å². The molecule has 5 nitrogen and oxygen atoms in total. The van der Waals surface area contributed by atoms with Gasteiger partial charge in [-0.3, -0.25) is 9.59 Å². The number of aliphatic hydroxyl groups is 1. The molecule has 2 aromatic carbocycles. The van der Waals surface area contributed by atoms with E-state index in [4.69, 9.17) is 16.3 Å². The van der Waals surface area contributed by atoms with Gasteiger partial charge in [-0.1, -0.05) is 23.7 Å². The molecule has 1 aliphatic rings. The highest BCUT2D eigenvalue weighted by atomic mass is 35.5. The fourth-order valence-corrected chi connectivity index (χ4v) is 3.58. The van der Waals surface area contributed by atoms with Crippen molar-refractivity contribution >= 4 is 29.1 Å². The molecule has 158 valence electrons. The number of amides is 1. The van der Waals surface area contributed by atoms with Crippen molar-refractivity contribution in [3.63, 3.8) is 0 Å². The van der Waals surface area contributed by atoms with Crippen LogP contribution in [-0.4, -0.2) is 41.0 Å². The Labute approximate surface area is 179 Å². The van der Waals surface area contributed by atoms with Crippen LogP contribution in [0.25, 0.3) is 5.76 Å². The lowest BCUT2D eigenvalue weighted by molar-refractivity contribution is -0.140. The van der Waals surface area contributed by atoms with Gasteiger partial charge in [-0.15, -0.1) is 0 Å². The summed E-state index contributed by atoms with van der Waals surface area (Å²) >= 11 is 5.91. The maximum absolute atomic E-state index is 13.9. The minimum atomic E-state index is -0.893. The van der Waals surface area contributed by atoms with Crippen LogP contribution in [0.2, 0.25) is 5.02 Å². The number of carbonyl (C=O) groups is 2. The molecule has 1 heterocycles. The van der Waals surface area contributed by atoms with Gasteiger partial charge < -0.3 is 14.7 Å². The Kier molecular flexibility index (Phi) is 6.90. The Morgan fingerprint density at radius 2 is 1.90 bits per heavy atom. The fraction of sp³-hybridized carbons (Fsp3) is 0.304. The quantitative estimate of drug-likeness (QED) is 0.298. The molecule has 0 aromatic heterocycles. The first-order chi connectivity index (χ1) is 14.3. The normalized spacial score (nSPS) is 18.4. The van der Waals surface area contributed by atoms with E-state index in [0.29, 0.717) is 29.2 Å². The van der Waals surface area contributed by atoms with E-state index in [1.165, 1.54) is 23.1 Å². The number of ether oxygens (including phenoxy) is 1. The minimum Gasteiger partial charge on any atom is -0.507 e. The molecule has 2 aromatic rings. The number of aliphatic hydroxyl groups excluding tert-OH is 1.